The lowest BCUT2D eigenvalue weighted by atomic mass is 9.96. The fourth-order valence-electron chi connectivity index (χ4n) is 1.88. The van der Waals surface area contributed by atoms with Crippen LogP contribution in [0.4, 0.5) is 4.79 Å². The highest BCUT2D eigenvalue weighted by Crippen LogP contribution is 2.12. The SMILES string of the molecule is CCCC(C)(NC(=O)CNC(=O)NCc1ccco1)C(=O)O. The molecule has 0 saturated heterocycles. The number of hydrogen-bond donors (Lipinski definition) is 4. The molecule has 0 fully saturated rings. The molecule has 3 amide bonds. The summed E-state index contributed by atoms with van der Waals surface area (Å²) in [5.41, 5.74) is -1.34. The van der Waals surface area contributed by atoms with Crippen LogP contribution in [-0.2, 0) is 16.1 Å². The number of rotatable bonds is 8. The van der Waals surface area contributed by atoms with Crippen molar-refractivity contribution >= 4 is 17.9 Å². The molecule has 8 heteroatoms. The Kier molecular flexibility index (Phi) is 6.43. The monoisotopic (exact) mass is 311 g/mol. The van der Waals surface area contributed by atoms with Crippen LogP contribution >= 0.6 is 0 Å². The van der Waals surface area contributed by atoms with Crippen LogP contribution in [0.1, 0.15) is 32.4 Å². The number of carbonyl (C=O) groups excluding carboxylic acids is 2. The highest BCUT2D eigenvalue weighted by Gasteiger charge is 2.33. The topological polar surface area (TPSA) is 121 Å². The third kappa shape index (κ3) is 5.47. The van der Waals surface area contributed by atoms with Gasteiger partial charge in [-0.15, -0.1) is 0 Å². The number of amides is 3. The second-order valence-electron chi connectivity index (χ2n) is 5.05. The highest BCUT2D eigenvalue weighted by molar-refractivity contribution is 5.89. The Balaban J connectivity index is 2.35. The highest BCUT2D eigenvalue weighted by atomic mass is 16.4. The number of aliphatic carboxylic acids is 1. The quantitative estimate of drug-likeness (QED) is 0.567. The second-order valence-corrected chi connectivity index (χ2v) is 5.05. The van der Waals surface area contributed by atoms with E-state index in [1.165, 1.54) is 13.2 Å². The number of urea groups is 1. The van der Waals surface area contributed by atoms with Gasteiger partial charge in [0.1, 0.15) is 11.3 Å². The fraction of sp³-hybridized carbons (Fsp3) is 0.500. The second kappa shape index (κ2) is 8.06. The van der Waals surface area contributed by atoms with Crippen LogP contribution in [0.5, 0.6) is 0 Å². The molecule has 1 atom stereocenters. The molecule has 1 heterocycles. The minimum Gasteiger partial charge on any atom is -0.480 e. The lowest BCUT2D eigenvalue weighted by molar-refractivity contribution is -0.147. The zero-order valence-electron chi connectivity index (χ0n) is 12.6. The number of carboxylic acid groups (broad SMARTS) is 1. The Morgan fingerprint density at radius 1 is 1.32 bits per heavy atom. The molecule has 122 valence electrons. The molecule has 0 spiro atoms. The van der Waals surface area contributed by atoms with Crippen molar-refractivity contribution in [1.82, 2.24) is 16.0 Å². The van der Waals surface area contributed by atoms with E-state index in [1.54, 1.807) is 12.1 Å². The maximum absolute atomic E-state index is 11.7. The molecule has 0 aliphatic carbocycles. The van der Waals surface area contributed by atoms with E-state index >= 15 is 0 Å². The summed E-state index contributed by atoms with van der Waals surface area (Å²) in [6.45, 7) is 3.15. The molecule has 0 aliphatic rings. The van der Waals surface area contributed by atoms with Crippen molar-refractivity contribution in [2.45, 2.75) is 38.8 Å². The third-order valence-corrected chi connectivity index (χ3v) is 3.05. The van der Waals surface area contributed by atoms with Gasteiger partial charge in [0.15, 0.2) is 0 Å². The molecule has 1 aromatic rings. The van der Waals surface area contributed by atoms with Crippen LogP contribution in [0.25, 0.3) is 0 Å². The van der Waals surface area contributed by atoms with Crippen molar-refractivity contribution in [3.8, 4) is 0 Å². The largest absolute Gasteiger partial charge is 0.480 e. The zero-order chi connectivity index (χ0) is 16.6. The van der Waals surface area contributed by atoms with Crippen molar-refractivity contribution < 1.29 is 23.9 Å². The van der Waals surface area contributed by atoms with Gasteiger partial charge >= 0.3 is 12.0 Å². The first-order valence-electron chi connectivity index (χ1n) is 6.96. The lowest BCUT2D eigenvalue weighted by Gasteiger charge is -2.25. The van der Waals surface area contributed by atoms with Crippen molar-refractivity contribution in [3.63, 3.8) is 0 Å². The van der Waals surface area contributed by atoms with Crippen molar-refractivity contribution in [2.75, 3.05) is 6.54 Å². The number of furan rings is 1. The summed E-state index contributed by atoms with van der Waals surface area (Å²) in [7, 11) is 0. The standard InChI is InChI=1S/C14H21N3O5/c1-3-6-14(2,12(19)20)17-11(18)9-16-13(21)15-8-10-5-4-7-22-10/h4-5,7H,3,6,8-9H2,1-2H3,(H,17,18)(H,19,20)(H2,15,16,21). The molecule has 0 aromatic carbocycles. The first-order valence-corrected chi connectivity index (χ1v) is 6.96. The van der Waals surface area contributed by atoms with Crippen LogP contribution in [0.15, 0.2) is 22.8 Å². The maximum Gasteiger partial charge on any atom is 0.329 e. The van der Waals surface area contributed by atoms with Crippen LogP contribution in [0.2, 0.25) is 0 Å². The molecular weight excluding hydrogens is 290 g/mol. The smallest absolute Gasteiger partial charge is 0.329 e. The first-order chi connectivity index (χ1) is 10.4. The van der Waals surface area contributed by atoms with E-state index < -0.39 is 23.4 Å². The molecule has 1 unspecified atom stereocenters. The average molecular weight is 311 g/mol. The van der Waals surface area contributed by atoms with Crippen LogP contribution in [0.3, 0.4) is 0 Å². The van der Waals surface area contributed by atoms with Gasteiger partial charge in [0, 0.05) is 0 Å². The number of nitrogens with one attached hydrogen (secondary N) is 3. The summed E-state index contributed by atoms with van der Waals surface area (Å²) >= 11 is 0. The molecule has 4 N–H and O–H groups in total. The van der Waals surface area contributed by atoms with E-state index in [1.807, 2.05) is 6.92 Å². The van der Waals surface area contributed by atoms with Gasteiger partial charge in [0.05, 0.1) is 19.4 Å². The lowest BCUT2D eigenvalue weighted by Crippen LogP contribution is -2.54. The summed E-state index contributed by atoms with van der Waals surface area (Å²) in [6.07, 6.45) is 2.40. The predicted molar refractivity (Wildman–Crippen MR) is 78.0 cm³/mol. The Hall–Kier alpha value is -2.51. The van der Waals surface area contributed by atoms with Gasteiger partial charge in [-0.2, -0.15) is 0 Å². The Bertz CT molecular complexity index is 515. The van der Waals surface area contributed by atoms with Gasteiger partial charge in [0.2, 0.25) is 5.91 Å². The predicted octanol–water partition coefficient (Wildman–Crippen LogP) is 0.838. The number of hydrogen-bond acceptors (Lipinski definition) is 4. The Labute approximate surface area is 128 Å². The average Bonchev–Trinajstić information content (AvgIpc) is 2.96. The van der Waals surface area contributed by atoms with E-state index in [0.29, 0.717) is 18.6 Å². The minimum absolute atomic E-state index is 0.198. The molecule has 0 aliphatic heterocycles. The van der Waals surface area contributed by atoms with E-state index in [2.05, 4.69) is 16.0 Å². The van der Waals surface area contributed by atoms with Gasteiger partial charge < -0.3 is 25.5 Å². The summed E-state index contributed by atoms with van der Waals surface area (Å²) in [5.74, 6) is -1.09. The van der Waals surface area contributed by atoms with E-state index in [9.17, 15) is 14.4 Å². The van der Waals surface area contributed by atoms with Gasteiger partial charge in [-0.1, -0.05) is 13.3 Å². The van der Waals surface area contributed by atoms with E-state index in [0.717, 1.165) is 0 Å². The number of carbonyl (C=O) groups is 3. The normalized spacial score (nSPS) is 13.0. The minimum atomic E-state index is -1.34. The van der Waals surface area contributed by atoms with E-state index in [-0.39, 0.29) is 13.1 Å². The Morgan fingerprint density at radius 3 is 2.59 bits per heavy atom. The Morgan fingerprint density at radius 2 is 2.05 bits per heavy atom. The van der Waals surface area contributed by atoms with Crippen LogP contribution in [0, 0.1) is 0 Å². The van der Waals surface area contributed by atoms with Gasteiger partial charge in [0.25, 0.3) is 0 Å². The van der Waals surface area contributed by atoms with E-state index in [4.69, 9.17) is 9.52 Å². The maximum atomic E-state index is 11.7. The summed E-state index contributed by atoms with van der Waals surface area (Å²) in [5, 5.41) is 16.4. The van der Waals surface area contributed by atoms with Crippen molar-refractivity contribution in [2.24, 2.45) is 0 Å². The van der Waals surface area contributed by atoms with Crippen LogP contribution < -0.4 is 16.0 Å². The van der Waals surface area contributed by atoms with Crippen molar-refractivity contribution in [1.29, 1.82) is 0 Å². The summed E-state index contributed by atoms with van der Waals surface area (Å²) < 4.78 is 5.04. The molecular formula is C14H21N3O5. The number of carboxylic acids is 1. The summed E-state index contributed by atoms with van der Waals surface area (Å²) in [6, 6.07) is 2.86. The molecule has 1 aromatic heterocycles. The van der Waals surface area contributed by atoms with Gasteiger partial charge in [-0.05, 0) is 25.5 Å². The molecule has 1 rings (SSSR count). The molecule has 8 nitrogen and oxygen atoms in total. The third-order valence-electron chi connectivity index (χ3n) is 3.05. The van der Waals surface area contributed by atoms with Gasteiger partial charge in [-0.25, -0.2) is 9.59 Å². The zero-order valence-corrected chi connectivity index (χ0v) is 12.6. The fourth-order valence-corrected chi connectivity index (χ4v) is 1.88. The summed E-state index contributed by atoms with van der Waals surface area (Å²) in [4.78, 5) is 34.4. The first kappa shape index (κ1) is 17.5. The van der Waals surface area contributed by atoms with Gasteiger partial charge in [-0.3, -0.25) is 4.79 Å². The molecule has 0 bridgehead atoms. The molecule has 22 heavy (non-hydrogen) atoms. The molecule has 0 radical (unpaired) electrons. The van der Waals surface area contributed by atoms with Crippen molar-refractivity contribution in [3.05, 3.63) is 24.2 Å². The molecule has 0 saturated carbocycles. The van der Waals surface area contributed by atoms with Crippen LogP contribution in [-0.4, -0.2) is 35.1 Å².